The van der Waals surface area contributed by atoms with Gasteiger partial charge >= 0.3 is 0 Å². The van der Waals surface area contributed by atoms with Gasteiger partial charge in [0.25, 0.3) is 5.91 Å². The van der Waals surface area contributed by atoms with Crippen LogP contribution in [-0.4, -0.2) is 31.7 Å². The van der Waals surface area contributed by atoms with Gasteiger partial charge in [-0.15, -0.1) is 0 Å². The number of rotatable bonds is 6. The molecule has 0 bridgehead atoms. The molecule has 1 saturated carbocycles. The maximum absolute atomic E-state index is 13.4. The van der Waals surface area contributed by atoms with E-state index >= 15 is 0 Å². The first-order valence-electron chi connectivity index (χ1n) is 10.8. The number of hydrogen-bond donors (Lipinski definition) is 2. The van der Waals surface area contributed by atoms with Crippen molar-refractivity contribution in [3.05, 3.63) is 47.6 Å². The fraction of sp³-hybridized carbons (Fsp3) is 0.435. The van der Waals surface area contributed by atoms with Gasteiger partial charge in [-0.05, 0) is 49.3 Å². The smallest absolute Gasteiger partial charge is 0.253 e. The second-order valence-electron chi connectivity index (χ2n) is 8.70. The van der Waals surface area contributed by atoms with Gasteiger partial charge in [0.2, 0.25) is 5.91 Å². The van der Waals surface area contributed by atoms with Crippen molar-refractivity contribution in [1.29, 1.82) is 0 Å². The number of carbonyl (C=O) groups is 2. The van der Waals surface area contributed by atoms with Crippen LogP contribution in [0.5, 0.6) is 0 Å². The van der Waals surface area contributed by atoms with Crippen LogP contribution in [0.4, 0.5) is 5.82 Å². The highest BCUT2D eigenvalue weighted by molar-refractivity contribution is 5.99. The van der Waals surface area contributed by atoms with Gasteiger partial charge in [0, 0.05) is 18.8 Å². The van der Waals surface area contributed by atoms with Crippen LogP contribution >= 0.6 is 0 Å². The normalized spacial score (nSPS) is 19.5. The summed E-state index contributed by atoms with van der Waals surface area (Å²) in [5.41, 5.74) is 8.88. The molecule has 3 N–H and O–H groups in total. The van der Waals surface area contributed by atoms with E-state index in [1.807, 2.05) is 20.0 Å². The highest BCUT2D eigenvalue weighted by Crippen LogP contribution is 2.39. The van der Waals surface area contributed by atoms with E-state index in [1.54, 1.807) is 23.1 Å². The van der Waals surface area contributed by atoms with E-state index in [-0.39, 0.29) is 17.4 Å². The van der Waals surface area contributed by atoms with E-state index in [9.17, 15) is 9.59 Å². The number of primary amides is 1. The quantitative estimate of drug-likeness (QED) is 0.609. The molecular weight excluding hydrogens is 408 g/mol. The van der Waals surface area contributed by atoms with Crippen LogP contribution in [0.1, 0.15) is 60.1 Å². The van der Waals surface area contributed by atoms with Crippen LogP contribution in [0.2, 0.25) is 0 Å². The number of aromatic nitrogens is 4. The lowest BCUT2D eigenvalue weighted by Crippen LogP contribution is -2.32. The number of pyridine rings is 1. The SMILES string of the molecule is Cc1cnn(C)c1-c1ccc(NC(=O)C(c2nocc2C(N)=O)C2CCC(C)CC2)nc1. The summed E-state index contributed by atoms with van der Waals surface area (Å²) < 4.78 is 6.82. The standard InChI is InChI=1S/C23H28N6O3/c1-13-4-6-15(7-5-13)19(20-17(22(24)30)12-32-28-20)23(31)27-18-9-8-16(11-25-18)21-14(2)10-26-29(21)3/h8-13,15,19H,4-7H2,1-3H3,(H2,24,30)(H,25,27,31). The van der Waals surface area contributed by atoms with E-state index in [0.717, 1.165) is 42.5 Å². The Labute approximate surface area is 186 Å². The van der Waals surface area contributed by atoms with Crippen LogP contribution in [0.15, 0.2) is 35.3 Å². The molecule has 1 atom stereocenters. The zero-order valence-electron chi connectivity index (χ0n) is 18.5. The predicted molar refractivity (Wildman–Crippen MR) is 119 cm³/mol. The molecule has 32 heavy (non-hydrogen) atoms. The first-order valence-corrected chi connectivity index (χ1v) is 10.8. The number of amides is 2. The minimum atomic E-state index is -0.655. The fourth-order valence-electron chi connectivity index (χ4n) is 4.61. The summed E-state index contributed by atoms with van der Waals surface area (Å²) in [6, 6.07) is 3.66. The molecule has 168 valence electrons. The first-order chi connectivity index (χ1) is 15.3. The molecule has 0 radical (unpaired) electrons. The van der Waals surface area contributed by atoms with Crippen molar-refractivity contribution in [1.82, 2.24) is 19.9 Å². The minimum Gasteiger partial charge on any atom is -0.365 e. The van der Waals surface area contributed by atoms with Gasteiger partial charge in [-0.2, -0.15) is 5.10 Å². The Morgan fingerprint density at radius 2 is 1.97 bits per heavy atom. The average Bonchev–Trinajstić information content (AvgIpc) is 3.37. The summed E-state index contributed by atoms with van der Waals surface area (Å²) in [7, 11) is 1.88. The highest BCUT2D eigenvalue weighted by Gasteiger charge is 2.37. The predicted octanol–water partition coefficient (Wildman–Crippen LogP) is 3.43. The van der Waals surface area contributed by atoms with E-state index in [2.05, 4.69) is 27.5 Å². The number of carbonyl (C=O) groups excluding carboxylic acids is 2. The lowest BCUT2D eigenvalue weighted by molar-refractivity contribution is -0.119. The van der Waals surface area contributed by atoms with Crippen LogP contribution in [0.3, 0.4) is 0 Å². The molecule has 9 nitrogen and oxygen atoms in total. The minimum absolute atomic E-state index is 0.0470. The van der Waals surface area contributed by atoms with Gasteiger partial charge in [-0.25, -0.2) is 4.98 Å². The molecule has 0 spiro atoms. The third-order valence-electron chi connectivity index (χ3n) is 6.38. The Kier molecular flexibility index (Phi) is 6.07. The fourth-order valence-corrected chi connectivity index (χ4v) is 4.61. The summed E-state index contributed by atoms with van der Waals surface area (Å²) in [6.45, 7) is 4.20. The number of aryl methyl sites for hydroxylation is 2. The molecule has 1 aliphatic carbocycles. The molecular formula is C23H28N6O3. The van der Waals surface area contributed by atoms with Crippen LogP contribution < -0.4 is 11.1 Å². The zero-order chi connectivity index (χ0) is 22.8. The van der Waals surface area contributed by atoms with Crippen LogP contribution in [0, 0.1) is 18.8 Å². The second-order valence-corrected chi connectivity index (χ2v) is 8.70. The average molecular weight is 437 g/mol. The summed E-state index contributed by atoms with van der Waals surface area (Å²) in [5, 5.41) is 11.2. The summed E-state index contributed by atoms with van der Waals surface area (Å²) in [5.74, 6) is -0.463. The van der Waals surface area contributed by atoms with E-state index in [4.69, 9.17) is 10.3 Å². The van der Waals surface area contributed by atoms with E-state index < -0.39 is 11.8 Å². The molecule has 1 fully saturated rings. The van der Waals surface area contributed by atoms with Crippen molar-refractivity contribution in [2.24, 2.45) is 24.6 Å². The van der Waals surface area contributed by atoms with Gasteiger partial charge in [-0.3, -0.25) is 14.3 Å². The lowest BCUT2D eigenvalue weighted by atomic mass is 9.74. The van der Waals surface area contributed by atoms with Crippen molar-refractivity contribution in [3.8, 4) is 11.3 Å². The van der Waals surface area contributed by atoms with Crippen molar-refractivity contribution in [2.75, 3.05) is 5.32 Å². The number of anilines is 1. The summed E-state index contributed by atoms with van der Waals surface area (Å²) >= 11 is 0. The third-order valence-corrected chi connectivity index (χ3v) is 6.38. The van der Waals surface area contributed by atoms with Crippen molar-refractivity contribution in [3.63, 3.8) is 0 Å². The van der Waals surface area contributed by atoms with Crippen molar-refractivity contribution < 1.29 is 14.1 Å². The third kappa shape index (κ3) is 4.28. The van der Waals surface area contributed by atoms with Crippen LogP contribution in [-0.2, 0) is 11.8 Å². The molecule has 3 aromatic rings. The molecule has 4 rings (SSSR count). The summed E-state index contributed by atoms with van der Waals surface area (Å²) in [4.78, 5) is 29.7. The van der Waals surface area contributed by atoms with Gasteiger partial charge < -0.3 is 15.6 Å². The first kappa shape index (κ1) is 21.7. The van der Waals surface area contributed by atoms with Gasteiger partial charge in [0.15, 0.2) is 0 Å². The molecule has 9 heteroatoms. The summed E-state index contributed by atoms with van der Waals surface area (Å²) in [6.07, 6.45) is 8.51. The Morgan fingerprint density at radius 3 is 2.56 bits per heavy atom. The Balaban J connectivity index is 1.58. The molecule has 0 aliphatic heterocycles. The molecule has 0 saturated heterocycles. The molecule has 2 amide bonds. The largest absolute Gasteiger partial charge is 0.365 e. The van der Waals surface area contributed by atoms with Gasteiger partial charge in [-0.1, -0.05) is 24.9 Å². The van der Waals surface area contributed by atoms with Crippen LogP contribution in [0.25, 0.3) is 11.3 Å². The molecule has 3 heterocycles. The van der Waals surface area contributed by atoms with Gasteiger partial charge in [0.05, 0.1) is 17.8 Å². The monoisotopic (exact) mass is 436 g/mol. The topological polar surface area (TPSA) is 129 Å². The maximum atomic E-state index is 13.4. The van der Waals surface area contributed by atoms with Crippen molar-refractivity contribution >= 4 is 17.6 Å². The molecule has 3 aromatic heterocycles. The van der Waals surface area contributed by atoms with Gasteiger partial charge in [0.1, 0.15) is 23.3 Å². The number of hydrogen-bond acceptors (Lipinski definition) is 6. The van der Waals surface area contributed by atoms with E-state index in [0.29, 0.717) is 17.4 Å². The van der Waals surface area contributed by atoms with Crippen molar-refractivity contribution in [2.45, 2.75) is 45.4 Å². The zero-order valence-corrected chi connectivity index (χ0v) is 18.5. The highest BCUT2D eigenvalue weighted by atomic mass is 16.5. The Morgan fingerprint density at radius 1 is 1.22 bits per heavy atom. The second kappa shape index (κ2) is 8.94. The number of nitrogens with two attached hydrogens (primary N) is 1. The Hall–Kier alpha value is -3.49. The lowest BCUT2D eigenvalue weighted by Gasteiger charge is -2.31. The molecule has 1 unspecified atom stereocenters. The maximum Gasteiger partial charge on any atom is 0.253 e. The Bertz CT molecular complexity index is 1090. The van der Waals surface area contributed by atoms with E-state index in [1.165, 1.54) is 6.26 Å². The number of nitrogens with one attached hydrogen (secondary N) is 1. The molecule has 0 aromatic carbocycles. The molecule has 1 aliphatic rings. The number of nitrogens with zero attached hydrogens (tertiary/aromatic N) is 4.